The van der Waals surface area contributed by atoms with Crippen LogP contribution in [-0.4, -0.2) is 35.8 Å². The Morgan fingerprint density at radius 2 is 1.79 bits per heavy atom. The lowest BCUT2D eigenvalue weighted by Gasteiger charge is -2.17. The van der Waals surface area contributed by atoms with Gasteiger partial charge < -0.3 is 9.64 Å². The molecule has 152 valence electrons. The zero-order chi connectivity index (χ0) is 20.6. The van der Waals surface area contributed by atoms with Gasteiger partial charge >= 0.3 is 0 Å². The van der Waals surface area contributed by atoms with E-state index in [-0.39, 0.29) is 18.2 Å². The summed E-state index contributed by atoms with van der Waals surface area (Å²) in [6.07, 6.45) is 0.951. The highest BCUT2D eigenvalue weighted by Gasteiger charge is 2.34. The molecular weight excluding hydrogens is 370 g/mol. The maximum Gasteiger partial charge on any atom is 0.273 e. The third-order valence-electron chi connectivity index (χ3n) is 4.69. The van der Waals surface area contributed by atoms with Gasteiger partial charge in [-0.2, -0.15) is 0 Å². The van der Waals surface area contributed by atoms with Gasteiger partial charge in [0.1, 0.15) is 5.75 Å². The summed E-state index contributed by atoms with van der Waals surface area (Å²) in [7, 11) is 0. The molecular formula is C22H25N3O4. The predicted octanol–water partition coefficient (Wildman–Crippen LogP) is 2.29. The molecule has 3 rings (SSSR count). The first-order valence-electron chi connectivity index (χ1n) is 9.72. The van der Waals surface area contributed by atoms with E-state index in [1.165, 1.54) is 0 Å². The summed E-state index contributed by atoms with van der Waals surface area (Å²) < 4.78 is 5.57. The van der Waals surface area contributed by atoms with E-state index in [1.807, 2.05) is 37.3 Å². The predicted molar refractivity (Wildman–Crippen MR) is 108 cm³/mol. The van der Waals surface area contributed by atoms with Crippen LogP contribution in [0.5, 0.6) is 5.75 Å². The molecule has 0 bridgehead atoms. The van der Waals surface area contributed by atoms with Crippen molar-refractivity contribution >= 4 is 17.7 Å². The van der Waals surface area contributed by atoms with Crippen molar-refractivity contribution in [2.75, 3.05) is 13.2 Å². The molecule has 2 aromatic carbocycles. The van der Waals surface area contributed by atoms with Gasteiger partial charge in [0.15, 0.2) is 0 Å². The Bertz CT molecular complexity index is 869. The topological polar surface area (TPSA) is 87.7 Å². The fourth-order valence-electron chi connectivity index (χ4n) is 3.18. The van der Waals surface area contributed by atoms with Crippen LogP contribution in [0, 0.1) is 5.92 Å². The number of likely N-dealkylation sites (tertiary alicyclic amines) is 1. The summed E-state index contributed by atoms with van der Waals surface area (Å²) >= 11 is 0. The number of carbonyl (C=O) groups excluding carboxylic acids is 3. The standard InChI is InChI=1S/C22H25N3O4/c1-2-12-29-19-11-7-6-10-18(19)22(28)24-23-21(27)17-13-20(26)25(15-17)14-16-8-4-3-5-9-16/h3-11,17H,2,12-15H2,1H3,(H,23,27)(H,24,28). The van der Waals surface area contributed by atoms with Crippen LogP contribution in [-0.2, 0) is 16.1 Å². The van der Waals surface area contributed by atoms with Crippen LogP contribution in [0.4, 0.5) is 0 Å². The number of para-hydroxylation sites is 1. The Morgan fingerprint density at radius 1 is 1.07 bits per heavy atom. The van der Waals surface area contributed by atoms with Gasteiger partial charge in [0.25, 0.3) is 5.91 Å². The van der Waals surface area contributed by atoms with Crippen molar-refractivity contribution in [2.24, 2.45) is 5.92 Å². The molecule has 29 heavy (non-hydrogen) atoms. The first kappa shape index (κ1) is 20.4. The largest absolute Gasteiger partial charge is 0.493 e. The number of carbonyl (C=O) groups is 3. The van der Waals surface area contributed by atoms with Crippen LogP contribution in [0.25, 0.3) is 0 Å². The Morgan fingerprint density at radius 3 is 2.55 bits per heavy atom. The van der Waals surface area contributed by atoms with E-state index in [1.54, 1.807) is 29.2 Å². The van der Waals surface area contributed by atoms with Crippen molar-refractivity contribution < 1.29 is 19.1 Å². The Labute approximate surface area is 170 Å². The molecule has 1 aliphatic heterocycles. The summed E-state index contributed by atoms with van der Waals surface area (Å²) in [5, 5.41) is 0. The number of benzene rings is 2. The highest BCUT2D eigenvalue weighted by Crippen LogP contribution is 2.21. The molecule has 0 aromatic heterocycles. The Balaban J connectivity index is 1.53. The van der Waals surface area contributed by atoms with Crippen LogP contribution in [0.2, 0.25) is 0 Å². The molecule has 7 heteroatoms. The van der Waals surface area contributed by atoms with Gasteiger partial charge in [-0.05, 0) is 24.1 Å². The average Bonchev–Trinajstić information content (AvgIpc) is 3.11. The smallest absolute Gasteiger partial charge is 0.273 e. The lowest BCUT2D eigenvalue weighted by molar-refractivity contribution is -0.129. The van der Waals surface area contributed by atoms with Gasteiger partial charge in [-0.15, -0.1) is 0 Å². The molecule has 0 radical (unpaired) electrons. The first-order chi connectivity index (χ1) is 14.1. The summed E-state index contributed by atoms with van der Waals surface area (Å²) in [5.41, 5.74) is 6.22. The SMILES string of the molecule is CCCOc1ccccc1C(=O)NNC(=O)C1CC(=O)N(Cc2ccccc2)C1. The number of amides is 3. The lowest BCUT2D eigenvalue weighted by Crippen LogP contribution is -2.45. The van der Waals surface area contributed by atoms with Crippen molar-refractivity contribution in [3.05, 3.63) is 65.7 Å². The molecule has 2 N–H and O–H groups in total. The van der Waals surface area contributed by atoms with E-state index >= 15 is 0 Å². The zero-order valence-electron chi connectivity index (χ0n) is 16.4. The zero-order valence-corrected chi connectivity index (χ0v) is 16.4. The van der Waals surface area contributed by atoms with E-state index in [0.29, 0.717) is 31.0 Å². The monoisotopic (exact) mass is 395 g/mol. The number of nitrogens with zero attached hydrogens (tertiary/aromatic N) is 1. The minimum atomic E-state index is -0.502. The van der Waals surface area contributed by atoms with Gasteiger partial charge in [-0.1, -0.05) is 49.4 Å². The van der Waals surface area contributed by atoms with E-state index in [0.717, 1.165) is 12.0 Å². The summed E-state index contributed by atoms with van der Waals surface area (Å²) in [4.78, 5) is 38.8. The van der Waals surface area contributed by atoms with Gasteiger partial charge in [0.2, 0.25) is 11.8 Å². The highest BCUT2D eigenvalue weighted by atomic mass is 16.5. The molecule has 1 aliphatic rings. The number of hydrazine groups is 1. The number of ether oxygens (including phenoxy) is 1. The van der Waals surface area contributed by atoms with Gasteiger partial charge in [0.05, 0.1) is 18.1 Å². The van der Waals surface area contributed by atoms with E-state index in [2.05, 4.69) is 10.9 Å². The lowest BCUT2D eigenvalue weighted by atomic mass is 10.1. The van der Waals surface area contributed by atoms with E-state index < -0.39 is 11.8 Å². The van der Waals surface area contributed by atoms with Crippen molar-refractivity contribution in [3.63, 3.8) is 0 Å². The third-order valence-corrected chi connectivity index (χ3v) is 4.69. The number of hydrogen-bond donors (Lipinski definition) is 2. The number of rotatable bonds is 7. The number of nitrogens with one attached hydrogen (secondary N) is 2. The van der Waals surface area contributed by atoms with Crippen LogP contribution in [0.15, 0.2) is 54.6 Å². The van der Waals surface area contributed by atoms with Crippen LogP contribution in [0.1, 0.15) is 35.7 Å². The molecule has 3 amide bonds. The molecule has 7 nitrogen and oxygen atoms in total. The normalized spacial score (nSPS) is 15.8. The summed E-state index contributed by atoms with van der Waals surface area (Å²) in [6.45, 7) is 3.27. The Hall–Kier alpha value is -3.35. The molecule has 1 unspecified atom stereocenters. The van der Waals surface area contributed by atoms with Crippen molar-refractivity contribution in [2.45, 2.75) is 26.3 Å². The fraction of sp³-hybridized carbons (Fsp3) is 0.318. The van der Waals surface area contributed by atoms with E-state index in [4.69, 9.17) is 4.74 Å². The van der Waals surface area contributed by atoms with Crippen LogP contribution in [0.3, 0.4) is 0 Å². The molecule has 1 heterocycles. The average molecular weight is 395 g/mol. The van der Waals surface area contributed by atoms with Crippen molar-refractivity contribution in [3.8, 4) is 5.75 Å². The second-order valence-corrected chi connectivity index (χ2v) is 6.95. The van der Waals surface area contributed by atoms with Crippen molar-refractivity contribution in [1.29, 1.82) is 0 Å². The summed E-state index contributed by atoms with van der Waals surface area (Å²) in [5.74, 6) is -0.951. The van der Waals surface area contributed by atoms with Crippen LogP contribution < -0.4 is 15.6 Å². The quantitative estimate of drug-likeness (QED) is 0.704. The molecule has 0 saturated carbocycles. The number of hydrogen-bond acceptors (Lipinski definition) is 4. The highest BCUT2D eigenvalue weighted by molar-refractivity contribution is 5.98. The van der Waals surface area contributed by atoms with E-state index in [9.17, 15) is 14.4 Å². The minimum absolute atomic E-state index is 0.0707. The second-order valence-electron chi connectivity index (χ2n) is 6.95. The molecule has 0 spiro atoms. The van der Waals surface area contributed by atoms with Gasteiger partial charge in [0, 0.05) is 19.5 Å². The first-order valence-corrected chi connectivity index (χ1v) is 9.72. The van der Waals surface area contributed by atoms with Gasteiger partial charge in [-0.25, -0.2) is 0 Å². The molecule has 1 fully saturated rings. The van der Waals surface area contributed by atoms with Crippen LogP contribution >= 0.6 is 0 Å². The summed E-state index contributed by atoms with van der Waals surface area (Å²) in [6, 6.07) is 16.5. The van der Waals surface area contributed by atoms with Crippen molar-refractivity contribution in [1.82, 2.24) is 15.8 Å². The molecule has 0 aliphatic carbocycles. The minimum Gasteiger partial charge on any atom is -0.493 e. The maximum atomic E-state index is 12.4. The molecule has 1 atom stereocenters. The fourth-order valence-corrected chi connectivity index (χ4v) is 3.18. The van der Waals surface area contributed by atoms with Gasteiger partial charge in [-0.3, -0.25) is 25.2 Å². The second kappa shape index (κ2) is 9.73. The third kappa shape index (κ3) is 5.34. The molecule has 1 saturated heterocycles. The maximum absolute atomic E-state index is 12.4. The molecule has 2 aromatic rings. The Kier molecular flexibility index (Phi) is 6.84.